The molecule has 3 nitrogen and oxygen atoms in total. The molecule has 0 heterocycles. The Bertz CT molecular complexity index is 684. The molecule has 2 aromatic rings. The first-order valence-corrected chi connectivity index (χ1v) is 8.01. The standard InChI is InChI=1S/C19H21F3N2O/c1-24(17(11-12-23)13-14-5-3-2-4-6-14)18(25)15-7-9-16(10-8-15)19(20,21)22/h2-10,17H,11-13,23H2,1H3/t17-/m1/s1. The number of alkyl halides is 3. The van der Waals surface area contributed by atoms with Crippen LogP contribution in [-0.4, -0.2) is 30.4 Å². The summed E-state index contributed by atoms with van der Waals surface area (Å²) in [4.78, 5) is 14.2. The fourth-order valence-corrected chi connectivity index (χ4v) is 2.68. The van der Waals surface area contributed by atoms with Gasteiger partial charge in [0.2, 0.25) is 0 Å². The quantitative estimate of drug-likeness (QED) is 0.863. The molecule has 0 fully saturated rings. The first kappa shape index (κ1) is 19.0. The Morgan fingerprint density at radius 1 is 1.08 bits per heavy atom. The third-order valence-corrected chi connectivity index (χ3v) is 4.14. The lowest BCUT2D eigenvalue weighted by atomic mass is 10.0. The number of halogens is 3. The van der Waals surface area contributed by atoms with E-state index in [1.165, 1.54) is 12.1 Å². The van der Waals surface area contributed by atoms with E-state index in [1.807, 2.05) is 30.3 Å². The Labute approximate surface area is 145 Å². The summed E-state index contributed by atoms with van der Waals surface area (Å²) in [6.45, 7) is 0.419. The van der Waals surface area contributed by atoms with E-state index in [0.29, 0.717) is 19.4 Å². The van der Waals surface area contributed by atoms with Crippen molar-refractivity contribution < 1.29 is 18.0 Å². The molecule has 134 valence electrons. The Morgan fingerprint density at radius 2 is 1.68 bits per heavy atom. The topological polar surface area (TPSA) is 46.3 Å². The summed E-state index contributed by atoms with van der Waals surface area (Å²) in [6, 6.07) is 13.9. The molecule has 0 spiro atoms. The third-order valence-electron chi connectivity index (χ3n) is 4.14. The van der Waals surface area contributed by atoms with E-state index in [9.17, 15) is 18.0 Å². The van der Waals surface area contributed by atoms with E-state index in [4.69, 9.17) is 5.73 Å². The Hall–Kier alpha value is -2.34. The van der Waals surface area contributed by atoms with E-state index in [2.05, 4.69) is 0 Å². The highest BCUT2D eigenvalue weighted by Gasteiger charge is 2.30. The van der Waals surface area contributed by atoms with Gasteiger partial charge in [-0.25, -0.2) is 0 Å². The zero-order valence-electron chi connectivity index (χ0n) is 14.0. The number of hydrogen-bond donors (Lipinski definition) is 1. The molecule has 1 amide bonds. The van der Waals surface area contributed by atoms with E-state index >= 15 is 0 Å². The molecule has 2 rings (SSSR count). The summed E-state index contributed by atoms with van der Waals surface area (Å²) in [5.41, 5.74) is 6.20. The van der Waals surface area contributed by atoms with Gasteiger partial charge in [-0.3, -0.25) is 4.79 Å². The zero-order valence-corrected chi connectivity index (χ0v) is 14.0. The molecular weight excluding hydrogens is 329 g/mol. The van der Waals surface area contributed by atoms with Crippen LogP contribution >= 0.6 is 0 Å². The van der Waals surface area contributed by atoms with Crippen LogP contribution in [0.2, 0.25) is 0 Å². The second-order valence-electron chi connectivity index (χ2n) is 5.91. The van der Waals surface area contributed by atoms with Crippen molar-refractivity contribution in [2.45, 2.75) is 25.1 Å². The molecule has 0 aliphatic carbocycles. The fraction of sp³-hybridized carbons (Fsp3) is 0.316. The van der Waals surface area contributed by atoms with Crippen molar-refractivity contribution in [2.24, 2.45) is 5.73 Å². The summed E-state index contributed by atoms with van der Waals surface area (Å²) >= 11 is 0. The number of carbonyl (C=O) groups excluding carboxylic acids is 1. The van der Waals surface area contributed by atoms with Crippen molar-refractivity contribution in [3.63, 3.8) is 0 Å². The van der Waals surface area contributed by atoms with Crippen molar-refractivity contribution in [3.05, 3.63) is 71.3 Å². The summed E-state index contributed by atoms with van der Waals surface area (Å²) in [5, 5.41) is 0. The first-order chi connectivity index (χ1) is 11.8. The highest BCUT2D eigenvalue weighted by Crippen LogP contribution is 2.29. The number of nitrogens with two attached hydrogens (primary N) is 1. The maximum Gasteiger partial charge on any atom is 0.416 e. The highest BCUT2D eigenvalue weighted by molar-refractivity contribution is 5.94. The SMILES string of the molecule is CN(C(=O)c1ccc(C(F)(F)F)cc1)[C@H](CCN)Cc1ccccc1. The normalized spacial score (nSPS) is 12.7. The number of rotatable bonds is 6. The molecule has 0 aliphatic heterocycles. The van der Waals surface area contributed by atoms with Crippen LogP contribution in [-0.2, 0) is 12.6 Å². The average Bonchev–Trinajstić information content (AvgIpc) is 2.60. The van der Waals surface area contributed by atoms with Gasteiger partial charge in [-0.15, -0.1) is 0 Å². The molecule has 0 bridgehead atoms. The number of amides is 1. The fourth-order valence-electron chi connectivity index (χ4n) is 2.68. The van der Waals surface area contributed by atoms with Crippen molar-refractivity contribution in [3.8, 4) is 0 Å². The molecule has 2 N–H and O–H groups in total. The molecule has 6 heteroatoms. The van der Waals surface area contributed by atoms with Crippen LogP contribution in [0.5, 0.6) is 0 Å². The molecule has 0 aromatic heterocycles. The van der Waals surface area contributed by atoms with Crippen molar-refractivity contribution >= 4 is 5.91 Å². The Kier molecular flexibility index (Phi) is 6.20. The minimum atomic E-state index is -4.41. The molecule has 1 atom stereocenters. The van der Waals surface area contributed by atoms with Gasteiger partial charge in [-0.1, -0.05) is 30.3 Å². The van der Waals surface area contributed by atoms with Crippen LogP contribution in [0, 0.1) is 0 Å². The summed E-state index contributed by atoms with van der Waals surface area (Å²) in [6.07, 6.45) is -3.17. The maximum atomic E-state index is 12.6. The maximum absolute atomic E-state index is 12.6. The van der Waals surface area contributed by atoms with E-state index in [1.54, 1.807) is 11.9 Å². The van der Waals surface area contributed by atoms with Crippen LogP contribution in [0.15, 0.2) is 54.6 Å². The van der Waals surface area contributed by atoms with E-state index in [0.717, 1.165) is 17.7 Å². The van der Waals surface area contributed by atoms with Crippen LogP contribution in [0.25, 0.3) is 0 Å². The van der Waals surface area contributed by atoms with Gasteiger partial charge < -0.3 is 10.6 Å². The largest absolute Gasteiger partial charge is 0.416 e. The molecule has 0 radical (unpaired) electrons. The van der Waals surface area contributed by atoms with Gasteiger partial charge in [0.1, 0.15) is 0 Å². The third kappa shape index (κ3) is 5.06. The van der Waals surface area contributed by atoms with Gasteiger partial charge in [0, 0.05) is 18.7 Å². The van der Waals surface area contributed by atoms with Crippen LogP contribution in [0.1, 0.15) is 27.9 Å². The monoisotopic (exact) mass is 350 g/mol. The molecular formula is C19H21F3N2O. The lowest BCUT2D eigenvalue weighted by molar-refractivity contribution is -0.137. The predicted octanol–water partition coefficient (Wildman–Crippen LogP) is 3.74. The number of carbonyl (C=O) groups is 1. The second kappa shape index (κ2) is 8.16. The van der Waals surface area contributed by atoms with Crippen molar-refractivity contribution in [1.82, 2.24) is 4.90 Å². The first-order valence-electron chi connectivity index (χ1n) is 8.01. The summed E-state index contributed by atoms with van der Waals surface area (Å²) in [7, 11) is 1.66. The lowest BCUT2D eigenvalue weighted by Gasteiger charge is -2.28. The second-order valence-corrected chi connectivity index (χ2v) is 5.91. The minimum absolute atomic E-state index is 0.123. The van der Waals surface area contributed by atoms with Crippen molar-refractivity contribution in [1.29, 1.82) is 0 Å². The minimum Gasteiger partial charge on any atom is -0.338 e. The summed E-state index contributed by atoms with van der Waals surface area (Å²) < 4.78 is 37.9. The molecule has 0 aliphatic rings. The van der Waals surface area contributed by atoms with Crippen LogP contribution in [0.3, 0.4) is 0 Å². The molecule has 0 saturated heterocycles. The zero-order chi connectivity index (χ0) is 18.4. The number of hydrogen-bond acceptors (Lipinski definition) is 2. The molecule has 25 heavy (non-hydrogen) atoms. The lowest BCUT2D eigenvalue weighted by Crippen LogP contribution is -2.39. The van der Waals surface area contributed by atoms with E-state index in [-0.39, 0.29) is 17.5 Å². The van der Waals surface area contributed by atoms with Gasteiger partial charge in [0.15, 0.2) is 0 Å². The van der Waals surface area contributed by atoms with Crippen LogP contribution in [0.4, 0.5) is 13.2 Å². The van der Waals surface area contributed by atoms with Gasteiger partial charge >= 0.3 is 6.18 Å². The van der Waals surface area contributed by atoms with Crippen molar-refractivity contribution in [2.75, 3.05) is 13.6 Å². The Balaban J connectivity index is 2.14. The van der Waals surface area contributed by atoms with Gasteiger partial charge in [-0.2, -0.15) is 13.2 Å². The number of benzene rings is 2. The van der Waals surface area contributed by atoms with Gasteiger partial charge in [0.05, 0.1) is 5.56 Å². The smallest absolute Gasteiger partial charge is 0.338 e. The number of nitrogens with zero attached hydrogens (tertiary/aromatic N) is 1. The average molecular weight is 350 g/mol. The van der Waals surface area contributed by atoms with E-state index < -0.39 is 11.7 Å². The van der Waals surface area contributed by atoms with Crippen LogP contribution < -0.4 is 5.73 Å². The number of likely N-dealkylation sites (N-methyl/N-ethyl adjacent to an activating group) is 1. The highest BCUT2D eigenvalue weighted by atomic mass is 19.4. The molecule has 0 saturated carbocycles. The Morgan fingerprint density at radius 3 is 2.20 bits per heavy atom. The predicted molar refractivity (Wildman–Crippen MR) is 91.1 cm³/mol. The van der Waals surface area contributed by atoms with Gasteiger partial charge in [0.25, 0.3) is 5.91 Å². The molecule has 0 unspecified atom stereocenters. The molecule has 2 aromatic carbocycles. The van der Waals surface area contributed by atoms with Gasteiger partial charge in [-0.05, 0) is 49.2 Å². The summed E-state index contributed by atoms with van der Waals surface area (Å²) in [5.74, 6) is -0.317.